The van der Waals surface area contributed by atoms with Gasteiger partial charge in [0.05, 0.1) is 23.8 Å². The summed E-state index contributed by atoms with van der Waals surface area (Å²) in [5.74, 6) is -0.412. The van der Waals surface area contributed by atoms with Crippen molar-refractivity contribution in [3.63, 3.8) is 0 Å². The molecule has 1 aliphatic carbocycles. The summed E-state index contributed by atoms with van der Waals surface area (Å²) in [5.41, 5.74) is 7.73. The quantitative estimate of drug-likeness (QED) is 0.357. The topological polar surface area (TPSA) is 114 Å². The maximum Gasteiger partial charge on any atom is 0.265 e. The first-order valence-electron chi connectivity index (χ1n) is 13.2. The van der Waals surface area contributed by atoms with Crippen molar-refractivity contribution in [3.8, 4) is 5.75 Å². The number of halogens is 2. The Bertz CT molecular complexity index is 1410. The molecule has 4 N–H and O–H groups in total. The monoisotopic (exact) mass is 580 g/mol. The van der Waals surface area contributed by atoms with Crippen LogP contribution in [0.3, 0.4) is 0 Å². The number of amides is 3. The van der Waals surface area contributed by atoms with Crippen molar-refractivity contribution in [1.82, 2.24) is 5.32 Å². The number of hydrogen-bond donors (Lipinski definition) is 3. The van der Waals surface area contributed by atoms with Gasteiger partial charge in [-0.25, -0.2) is 0 Å². The van der Waals surface area contributed by atoms with Crippen LogP contribution in [0.25, 0.3) is 0 Å². The first kappa shape index (κ1) is 28.0. The predicted molar refractivity (Wildman–Crippen MR) is 156 cm³/mol. The molecule has 3 aromatic carbocycles. The number of nitrogens with zero attached hydrogens (tertiary/aromatic N) is 1. The molecule has 1 atom stereocenters. The summed E-state index contributed by atoms with van der Waals surface area (Å²) in [6.45, 7) is -0.272. The lowest BCUT2D eigenvalue weighted by Gasteiger charge is -2.31. The number of ether oxygens (including phenoxy) is 1. The van der Waals surface area contributed by atoms with E-state index in [2.05, 4.69) is 10.6 Å². The Hall–Kier alpha value is -3.59. The van der Waals surface area contributed by atoms with Gasteiger partial charge in [-0.05, 0) is 73.7 Å². The van der Waals surface area contributed by atoms with Gasteiger partial charge in [-0.1, -0.05) is 47.5 Å². The average molecular weight is 582 g/mol. The first-order chi connectivity index (χ1) is 19.3. The molecule has 1 saturated carbocycles. The Morgan fingerprint density at radius 1 is 1.00 bits per heavy atom. The van der Waals surface area contributed by atoms with Crippen LogP contribution in [0.2, 0.25) is 10.0 Å². The molecule has 40 heavy (non-hydrogen) atoms. The number of fused-ring (bicyclic) bond motifs is 1. The van der Waals surface area contributed by atoms with Gasteiger partial charge < -0.3 is 21.1 Å². The Morgan fingerprint density at radius 3 is 2.48 bits per heavy atom. The second-order valence-electron chi connectivity index (χ2n) is 10.1. The average Bonchev–Trinajstić information content (AvgIpc) is 3.08. The van der Waals surface area contributed by atoms with E-state index in [1.165, 1.54) is 4.90 Å². The highest BCUT2D eigenvalue weighted by atomic mass is 35.5. The van der Waals surface area contributed by atoms with Crippen LogP contribution in [0, 0.1) is 0 Å². The standard InChI is InChI=1S/C30H30Cl2N4O4/c31-19-7-12-23(24(32)15-19)27-16-28(37)35-25-14-18(30(39)34-21-10-8-20(33)9-11-21)6-13-26(25)36(27)29(38)17-40-22-4-2-1-3-5-22/h1-7,12-15,20-21,27H,8-11,16-17,33H2,(H,34,39)(H,35,37). The van der Waals surface area contributed by atoms with E-state index in [0.29, 0.717) is 38.3 Å². The molecular weight excluding hydrogens is 551 g/mol. The van der Waals surface area contributed by atoms with Gasteiger partial charge in [-0.3, -0.25) is 19.3 Å². The highest BCUT2D eigenvalue weighted by molar-refractivity contribution is 6.35. The van der Waals surface area contributed by atoms with Crippen molar-refractivity contribution in [2.45, 2.75) is 50.2 Å². The zero-order valence-electron chi connectivity index (χ0n) is 21.7. The minimum absolute atomic E-state index is 0.0466. The molecular formula is C30H30Cl2N4O4. The van der Waals surface area contributed by atoms with E-state index >= 15 is 0 Å². The number of nitrogens with two attached hydrogens (primary N) is 1. The molecule has 5 rings (SSSR count). The molecule has 1 aliphatic heterocycles. The fourth-order valence-electron chi connectivity index (χ4n) is 5.22. The van der Waals surface area contributed by atoms with Crippen molar-refractivity contribution in [2.75, 3.05) is 16.8 Å². The molecule has 2 aliphatic rings. The third-order valence-corrected chi connectivity index (χ3v) is 7.85. The summed E-state index contributed by atoms with van der Waals surface area (Å²) in [6.07, 6.45) is 3.31. The van der Waals surface area contributed by atoms with Gasteiger partial charge in [0.2, 0.25) is 5.91 Å². The van der Waals surface area contributed by atoms with Crippen LogP contribution in [-0.2, 0) is 9.59 Å². The number of nitrogens with one attached hydrogen (secondary N) is 2. The Kier molecular flexibility index (Phi) is 8.59. The SMILES string of the molecule is NC1CCC(NC(=O)c2ccc3c(c2)NC(=O)CC(c2ccc(Cl)cc2Cl)N3C(=O)COc2ccccc2)CC1. The van der Waals surface area contributed by atoms with Crippen molar-refractivity contribution >= 4 is 52.3 Å². The predicted octanol–water partition coefficient (Wildman–Crippen LogP) is 5.49. The zero-order valence-corrected chi connectivity index (χ0v) is 23.3. The lowest BCUT2D eigenvalue weighted by molar-refractivity contribution is -0.121. The van der Waals surface area contributed by atoms with Crippen LogP contribution in [0.4, 0.5) is 11.4 Å². The maximum atomic E-state index is 13.8. The van der Waals surface area contributed by atoms with Gasteiger partial charge in [0.25, 0.3) is 11.8 Å². The Balaban J connectivity index is 1.48. The molecule has 0 spiro atoms. The van der Waals surface area contributed by atoms with Crippen LogP contribution in [0.15, 0.2) is 66.7 Å². The minimum Gasteiger partial charge on any atom is -0.484 e. The van der Waals surface area contributed by atoms with Gasteiger partial charge in [-0.2, -0.15) is 0 Å². The molecule has 3 amide bonds. The van der Waals surface area contributed by atoms with Crippen molar-refractivity contribution < 1.29 is 19.1 Å². The summed E-state index contributed by atoms with van der Waals surface area (Å²) in [7, 11) is 0. The largest absolute Gasteiger partial charge is 0.484 e. The normalized spacial score (nSPS) is 20.6. The summed E-state index contributed by atoms with van der Waals surface area (Å²) in [5, 5.41) is 6.72. The van der Waals surface area contributed by atoms with E-state index < -0.39 is 6.04 Å². The van der Waals surface area contributed by atoms with Crippen LogP contribution in [-0.4, -0.2) is 36.4 Å². The van der Waals surface area contributed by atoms with Gasteiger partial charge in [0, 0.05) is 27.7 Å². The van der Waals surface area contributed by atoms with Gasteiger partial charge in [0.1, 0.15) is 5.75 Å². The molecule has 10 heteroatoms. The number of hydrogen-bond acceptors (Lipinski definition) is 5. The van der Waals surface area contributed by atoms with E-state index in [-0.39, 0.29) is 42.8 Å². The summed E-state index contributed by atoms with van der Waals surface area (Å²) in [4.78, 5) is 41.5. The molecule has 0 aromatic heterocycles. The number of carbonyl (C=O) groups excluding carboxylic acids is 3. The Labute approximate surface area is 242 Å². The smallest absolute Gasteiger partial charge is 0.265 e. The molecule has 0 saturated heterocycles. The highest BCUT2D eigenvalue weighted by Gasteiger charge is 2.35. The first-order valence-corrected chi connectivity index (χ1v) is 14.0. The zero-order chi connectivity index (χ0) is 28.2. The second-order valence-corrected chi connectivity index (χ2v) is 11.0. The molecule has 1 fully saturated rings. The highest BCUT2D eigenvalue weighted by Crippen LogP contribution is 2.41. The summed E-state index contributed by atoms with van der Waals surface area (Å²) in [6, 6.07) is 18.4. The van der Waals surface area contributed by atoms with Crippen LogP contribution < -0.4 is 26.0 Å². The fourth-order valence-corrected chi connectivity index (χ4v) is 5.75. The van der Waals surface area contributed by atoms with Gasteiger partial charge >= 0.3 is 0 Å². The van der Waals surface area contributed by atoms with E-state index in [0.717, 1.165) is 25.7 Å². The fraction of sp³-hybridized carbons (Fsp3) is 0.300. The number of benzene rings is 3. The third-order valence-electron chi connectivity index (χ3n) is 7.29. The van der Waals surface area contributed by atoms with E-state index in [9.17, 15) is 14.4 Å². The molecule has 1 unspecified atom stereocenters. The number of para-hydroxylation sites is 1. The summed E-state index contributed by atoms with van der Waals surface area (Å²) >= 11 is 12.7. The van der Waals surface area contributed by atoms with Crippen LogP contribution >= 0.6 is 23.2 Å². The van der Waals surface area contributed by atoms with Crippen LogP contribution in [0.1, 0.15) is 54.1 Å². The number of carbonyl (C=O) groups is 3. The summed E-state index contributed by atoms with van der Waals surface area (Å²) < 4.78 is 5.77. The Morgan fingerprint density at radius 2 is 1.75 bits per heavy atom. The van der Waals surface area contributed by atoms with Crippen molar-refractivity contribution in [2.24, 2.45) is 5.73 Å². The van der Waals surface area contributed by atoms with Gasteiger partial charge in [-0.15, -0.1) is 0 Å². The number of anilines is 2. The van der Waals surface area contributed by atoms with Crippen molar-refractivity contribution in [1.29, 1.82) is 0 Å². The van der Waals surface area contributed by atoms with E-state index in [1.54, 1.807) is 48.5 Å². The van der Waals surface area contributed by atoms with Crippen LogP contribution in [0.5, 0.6) is 5.75 Å². The second kappa shape index (κ2) is 12.3. The lowest BCUT2D eigenvalue weighted by atomic mass is 9.91. The maximum absolute atomic E-state index is 13.8. The molecule has 3 aromatic rings. The lowest BCUT2D eigenvalue weighted by Crippen LogP contribution is -2.40. The molecule has 0 radical (unpaired) electrons. The van der Waals surface area contributed by atoms with E-state index in [1.807, 2.05) is 18.2 Å². The molecule has 1 heterocycles. The van der Waals surface area contributed by atoms with Crippen molar-refractivity contribution in [3.05, 3.63) is 87.9 Å². The molecule has 8 nitrogen and oxygen atoms in total. The van der Waals surface area contributed by atoms with Gasteiger partial charge in [0.15, 0.2) is 6.61 Å². The number of rotatable bonds is 6. The third kappa shape index (κ3) is 6.41. The molecule has 0 bridgehead atoms. The molecule has 208 valence electrons. The minimum atomic E-state index is -0.732. The van der Waals surface area contributed by atoms with E-state index in [4.69, 9.17) is 33.7 Å².